The monoisotopic (exact) mass is 191 g/mol. The van der Waals surface area contributed by atoms with Crippen molar-refractivity contribution >= 4 is 25.4 Å². The molecule has 0 heterocycles. The molecule has 0 saturated heterocycles. The number of rotatable bonds is 0. The van der Waals surface area contributed by atoms with Crippen LogP contribution in [0.15, 0.2) is 0 Å². The average molecular weight is 192 g/mol. The normalized spacial score (nSPS) is 3.00. The van der Waals surface area contributed by atoms with Crippen molar-refractivity contribution in [1.82, 2.24) is 0 Å². The van der Waals surface area contributed by atoms with E-state index in [1.807, 2.05) is 0 Å². The maximum atomic E-state index is 8.36. The van der Waals surface area contributed by atoms with Crippen LogP contribution in [0.1, 0.15) is 0 Å². The maximum Gasteiger partial charge on any atom is 0.290 e. The molecule has 8 heavy (non-hydrogen) atoms. The predicted molar refractivity (Wildman–Crippen MR) is 24.6 cm³/mol. The van der Waals surface area contributed by atoms with E-state index in [0.29, 0.717) is 0 Å². The van der Waals surface area contributed by atoms with Gasteiger partial charge in [0.2, 0.25) is 0 Å². The molecule has 0 aromatic carbocycles. The molecular formula is C2H5ClCuO4. The van der Waals surface area contributed by atoms with Crippen LogP contribution in [-0.2, 0) is 26.7 Å². The topological polar surface area (TPSA) is 74.6 Å². The number of carbonyl (C=O) groups is 2. The van der Waals surface area contributed by atoms with Crippen molar-refractivity contribution in [2.75, 3.05) is 0 Å². The van der Waals surface area contributed by atoms with Gasteiger partial charge in [0.15, 0.2) is 0 Å². The molecule has 0 saturated carbocycles. The van der Waals surface area contributed by atoms with Crippen molar-refractivity contribution in [3.8, 4) is 0 Å². The fraction of sp³-hybridized carbons (Fsp3) is 0. The third kappa shape index (κ3) is 2070. The molecule has 0 aromatic rings. The average Bonchev–Trinajstić information content (AvgIpc) is 1.39. The predicted octanol–water partition coefficient (Wildman–Crippen LogP) is -0.179. The minimum absolute atomic E-state index is 0. The molecule has 0 aliphatic heterocycles. The zero-order valence-corrected chi connectivity index (χ0v) is 5.33. The zero-order valence-electron chi connectivity index (χ0n) is 3.58. The molecule has 1 radical (unpaired) electrons. The Kier molecular flexibility index (Phi) is 229. The Morgan fingerprint density at radius 2 is 1.00 bits per heavy atom. The minimum Gasteiger partial charge on any atom is -0.483 e. The van der Waals surface area contributed by atoms with Crippen molar-refractivity contribution < 1.29 is 36.9 Å². The van der Waals surface area contributed by atoms with Crippen molar-refractivity contribution in [1.29, 1.82) is 0 Å². The van der Waals surface area contributed by atoms with E-state index in [1.165, 1.54) is 0 Å². The number of carboxylic acid groups (broad SMARTS) is 2. The Bertz CT molecular complexity index is 35.0. The summed E-state index contributed by atoms with van der Waals surface area (Å²) in [5.74, 6) is 0. The van der Waals surface area contributed by atoms with Gasteiger partial charge in [-0.15, -0.1) is 12.4 Å². The number of hydrogen-bond acceptors (Lipinski definition) is 2. The van der Waals surface area contributed by atoms with Crippen molar-refractivity contribution in [3.63, 3.8) is 0 Å². The molecule has 0 aliphatic rings. The van der Waals surface area contributed by atoms with E-state index in [4.69, 9.17) is 19.8 Å². The van der Waals surface area contributed by atoms with Gasteiger partial charge in [-0.1, -0.05) is 0 Å². The molecule has 4 nitrogen and oxygen atoms in total. The number of halogens is 1. The van der Waals surface area contributed by atoms with Gasteiger partial charge in [0.05, 0.1) is 0 Å². The van der Waals surface area contributed by atoms with Gasteiger partial charge in [-0.3, -0.25) is 9.59 Å². The Morgan fingerprint density at radius 3 is 1.00 bits per heavy atom. The van der Waals surface area contributed by atoms with Gasteiger partial charge in [-0.2, -0.15) is 0 Å². The summed E-state index contributed by atoms with van der Waals surface area (Å²) in [6, 6.07) is 0. The van der Waals surface area contributed by atoms with E-state index >= 15 is 0 Å². The summed E-state index contributed by atoms with van der Waals surface area (Å²) < 4.78 is 0. The van der Waals surface area contributed by atoms with E-state index in [1.54, 1.807) is 0 Å². The Morgan fingerprint density at radius 1 is 1.00 bits per heavy atom. The van der Waals surface area contributed by atoms with Gasteiger partial charge < -0.3 is 10.2 Å². The van der Waals surface area contributed by atoms with Crippen LogP contribution >= 0.6 is 12.4 Å². The van der Waals surface area contributed by atoms with E-state index in [9.17, 15) is 0 Å². The van der Waals surface area contributed by atoms with E-state index in [2.05, 4.69) is 0 Å². The fourth-order valence-corrected chi connectivity index (χ4v) is 0. The van der Waals surface area contributed by atoms with Gasteiger partial charge in [0.25, 0.3) is 12.9 Å². The first kappa shape index (κ1) is 25.1. The molecule has 6 heteroatoms. The molecule has 0 fully saturated rings. The molecular weight excluding hydrogens is 187 g/mol. The standard InChI is InChI=1S/2CH2O2.ClH.Cu/c2*2-1-3;;/h2*1H,(H,2,3);1H;. The molecule has 2 N–H and O–H groups in total. The molecule has 0 rings (SSSR count). The van der Waals surface area contributed by atoms with Crippen LogP contribution in [0.4, 0.5) is 0 Å². The first-order valence-corrected chi connectivity index (χ1v) is 0.988. The van der Waals surface area contributed by atoms with Crippen LogP contribution in [-0.4, -0.2) is 23.2 Å². The molecule has 55 valence electrons. The Balaban J connectivity index is -0.0000000160. The molecule has 0 amide bonds. The number of hydrogen-bond donors (Lipinski definition) is 2. The minimum atomic E-state index is -0.250. The van der Waals surface area contributed by atoms with Crippen LogP contribution in [0, 0.1) is 0 Å². The van der Waals surface area contributed by atoms with Gasteiger partial charge in [-0.05, 0) is 0 Å². The summed E-state index contributed by atoms with van der Waals surface area (Å²) in [7, 11) is 0. The summed E-state index contributed by atoms with van der Waals surface area (Å²) in [6.45, 7) is -0.500. The largest absolute Gasteiger partial charge is 0.483 e. The third-order valence-electron chi connectivity index (χ3n) is 0. The summed E-state index contributed by atoms with van der Waals surface area (Å²) in [4.78, 5) is 16.7. The fourth-order valence-electron chi connectivity index (χ4n) is 0. The van der Waals surface area contributed by atoms with Crippen LogP contribution in [0.3, 0.4) is 0 Å². The Labute approximate surface area is 62.8 Å². The smallest absolute Gasteiger partial charge is 0.290 e. The van der Waals surface area contributed by atoms with Crippen LogP contribution < -0.4 is 0 Å². The summed E-state index contributed by atoms with van der Waals surface area (Å²) >= 11 is 0. The van der Waals surface area contributed by atoms with Gasteiger partial charge >= 0.3 is 0 Å². The van der Waals surface area contributed by atoms with Crippen LogP contribution in [0.5, 0.6) is 0 Å². The summed E-state index contributed by atoms with van der Waals surface area (Å²) in [6.07, 6.45) is 0. The second-order valence-corrected chi connectivity index (χ2v) is 0.211. The molecule has 0 bridgehead atoms. The van der Waals surface area contributed by atoms with Crippen LogP contribution in [0.2, 0.25) is 0 Å². The second kappa shape index (κ2) is 72.9. The summed E-state index contributed by atoms with van der Waals surface area (Å²) in [5, 5.41) is 13.8. The van der Waals surface area contributed by atoms with E-state index in [-0.39, 0.29) is 42.4 Å². The molecule has 0 unspecified atom stereocenters. The van der Waals surface area contributed by atoms with Gasteiger partial charge in [-0.25, -0.2) is 0 Å². The van der Waals surface area contributed by atoms with Crippen molar-refractivity contribution in [2.24, 2.45) is 0 Å². The maximum absolute atomic E-state index is 8.36. The van der Waals surface area contributed by atoms with Crippen molar-refractivity contribution in [2.45, 2.75) is 0 Å². The first-order valence-electron chi connectivity index (χ1n) is 0.988. The SMILES string of the molecule is Cl.O=CO.O=CO.[Cu]. The van der Waals surface area contributed by atoms with E-state index in [0.717, 1.165) is 0 Å². The van der Waals surface area contributed by atoms with Gasteiger partial charge in [0, 0.05) is 17.1 Å². The first-order chi connectivity index (χ1) is 2.83. The van der Waals surface area contributed by atoms with Gasteiger partial charge in [0.1, 0.15) is 0 Å². The van der Waals surface area contributed by atoms with E-state index < -0.39 is 0 Å². The molecule has 0 aliphatic carbocycles. The summed E-state index contributed by atoms with van der Waals surface area (Å²) in [5.41, 5.74) is 0. The quantitative estimate of drug-likeness (QED) is 0.412. The Hall–Kier alpha value is -0.251. The molecule has 0 atom stereocenters. The molecule has 0 spiro atoms. The third-order valence-corrected chi connectivity index (χ3v) is 0. The molecule has 0 aromatic heterocycles. The second-order valence-electron chi connectivity index (χ2n) is 0.211. The van der Waals surface area contributed by atoms with Crippen molar-refractivity contribution in [3.05, 3.63) is 0 Å². The zero-order chi connectivity index (χ0) is 5.41. The van der Waals surface area contributed by atoms with Crippen LogP contribution in [0.25, 0.3) is 0 Å².